The van der Waals surface area contributed by atoms with Crippen LogP contribution >= 0.6 is 0 Å². The molecule has 4 heteroatoms. The Morgan fingerprint density at radius 3 is 3.00 bits per heavy atom. The van der Waals surface area contributed by atoms with E-state index in [1.54, 1.807) is 13.3 Å². The standard InChI is InChI=1S/C10H17N3O/c1-13(7-5-11)8-9-4-3-6-12-10(9)14-2/h3-4,6H,5,7-8,11H2,1-2H3. The van der Waals surface area contributed by atoms with Gasteiger partial charge in [0.05, 0.1) is 7.11 Å². The lowest BCUT2D eigenvalue weighted by atomic mass is 10.2. The minimum atomic E-state index is 0.666. The van der Waals surface area contributed by atoms with Gasteiger partial charge in [-0.1, -0.05) is 6.07 Å². The number of pyridine rings is 1. The van der Waals surface area contributed by atoms with E-state index in [9.17, 15) is 0 Å². The Balaban J connectivity index is 2.65. The van der Waals surface area contributed by atoms with E-state index in [4.69, 9.17) is 10.5 Å². The molecule has 0 bridgehead atoms. The predicted octanol–water partition coefficient (Wildman–Crippen LogP) is 0.481. The number of hydrogen-bond acceptors (Lipinski definition) is 4. The fourth-order valence-electron chi connectivity index (χ4n) is 1.32. The molecule has 0 unspecified atom stereocenters. The molecular formula is C10H17N3O. The summed E-state index contributed by atoms with van der Waals surface area (Å²) >= 11 is 0. The fraction of sp³-hybridized carbons (Fsp3) is 0.500. The molecule has 0 fully saturated rings. The monoisotopic (exact) mass is 195 g/mol. The van der Waals surface area contributed by atoms with Gasteiger partial charge in [-0.15, -0.1) is 0 Å². The molecule has 1 aromatic heterocycles. The lowest BCUT2D eigenvalue weighted by Gasteiger charge is -2.16. The van der Waals surface area contributed by atoms with Crippen LogP contribution in [0.4, 0.5) is 0 Å². The smallest absolute Gasteiger partial charge is 0.217 e. The van der Waals surface area contributed by atoms with Gasteiger partial charge in [0.25, 0.3) is 0 Å². The van der Waals surface area contributed by atoms with Crippen molar-refractivity contribution in [1.82, 2.24) is 9.88 Å². The summed E-state index contributed by atoms with van der Waals surface area (Å²) in [5.74, 6) is 0.691. The van der Waals surface area contributed by atoms with E-state index in [0.717, 1.165) is 18.7 Å². The topological polar surface area (TPSA) is 51.4 Å². The second-order valence-electron chi connectivity index (χ2n) is 3.20. The molecule has 1 aromatic rings. The van der Waals surface area contributed by atoms with E-state index in [1.807, 2.05) is 19.2 Å². The first-order valence-corrected chi connectivity index (χ1v) is 4.64. The van der Waals surface area contributed by atoms with Crippen LogP contribution in [0.15, 0.2) is 18.3 Å². The molecule has 0 spiro atoms. The number of ether oxygens (including phenoxy) is 1. The highest BCUT2D eigenvalue weighted by molar-refractivity contribution is 5.24. The van der Waals surface area contributed by atoms with Crippen molar-refractivity contribution in [2.24, 2.45) is 5.73 Å². The van der Waals surface area contributed by atoms with Gasteiger partial charge in [-0.05, 0) is 13.1 Å². The summed E-state index contributed by atoms with van der Waals surface area (Å²) in [6, 6.07) is 3.92. The van der Waals surface area contributed by atoms with Crippen molar-refractivity contribution in [1.29, 1.82) is 0 Å². The second kappa shape index (κ2) is 5.57. The third-order valence-corrected chi connectivity index (χ3v) is 1.99. The normalized spacial score (nSPS) is 10.6. The zero-order chi connectivity index (χ0) is 10.4. The number of rotatable bonds is 5. The third-order valence-electron chi connectivity index (χ3n) is 1.99. The summed E-state index contributed by atoms with van der Waals surface area (Å²) in [5, 5.41) is 0. The maximum absolute atomic E-state index is 5.47. The molecule has 2 N–H and O–H groups in total. The number of likely N-dealkylation sites (N-methyl/N-ethyl adjacent to an activating group) is 1. The molecule has 1 heterocycles. The van der Waals surface area contributed by atoms with Crippen molar-refractivity contribution in [3.8, 4) is 5.88 Å². The van der Waals surface area contributed by atoms with E-state index in [2.05, 4.69) is 9.88 Å². The van der Waals surface area contributed by atoms with E-state index in [-0.39, 0.29) is 0 Å². The van der Waals surface area contributed by atoms with Crippen LogP contribution in [0.5, 0.6) is 5.88 Å². The van der Waals surface area contributed by atoms with E-state index < -0.39 is 0 Å². The zero-order valence-electron chi connectivity index (χ0n) is 8.73. The molecule has 4 nitrogen and oxygen atoms in total. The molecule has 1 rings (SSSR count). The van der Waals surface area contributed by atoms with Crippen molar-refractivity contribution in [3.63, 3.8) is 0 Å². The van der Waals surface area contributed by atoms with Gasteiger partial charge < -0.3 is 15.4 Å². The Bertz CT molecular complexity index is 278. The first-order chi connectivity index (χ1) is 6.77. The molecule has 0 saturated carbocycles. The van der Waals surface area contributed by atoms with Crippen LogP contribution in [0.25, 0.3) is 0 Å². The maximum atomic E-state index is 5.47. The Morgan fingerprint density at radius 2 is 2.36 bits per heavy atom. The molecule has 0 aromatic carbocycles. The Hall–Kier alpha value is -1.13. The molecule has 0 atom stereocenters. The number of methoxy groups -OCH3 is 1. The first-order valence-electron chi connectivity index (χ1n) is 4.64. The number of hydrogen-bond donors (Lipinski definition) is 1. The van der Waals surface area contributed by atoms with Crippen LogP contribution in [0, 0.1) is 0 Å². The molecule has 0 amide bonds. The molecular weight excluding hydrogens is 178 g/mol. The van der Waals surface area contributed by atoms with Gasteiger partial charge in [0.2, 0.25) is 5.88 Å². The third kappa shape index (κ3) is 2.97. The summed E-state index contributed by atoms with van der Waals surface area (Å²) in [5.41, 5.74) is 6.55. The van der Waals surface area contributed by atoms with Crippen molar-refractivity contribution >= 4 is 0 Å². The van der Waals surface area contributed by atoms with Crippen LogP contribution in [-0.2, 0) is 6.54 Å². The fourth-order valence-corrected chi connectivity index (χ4v) is 1.32. The van der Waals surface area contributed by atoms with Gasteiger partial charge in [-0.25, -0.2) is 4.98 Å². The second-order valence-corrected chi connectivity index (χ2v) is 3.20. The predicted molar refractivity (Wildman–Crippen MR) is 56.2 cm³/mol. The summed E-state index contributed by atoms with van der Waals surface area (Å²) in [6.45, 7) is 2.35. The van der Waals surface area contributed by atoms with E-state index in [0.29, 0.717) is 12.4 Å². The average molecular weight is 195 g/mol. The number of nitrogens with two attached hydrogens (primary N) is 1. The molecule has 0 saturated heterocycles. The lowest BCUT2D eigenvalue weighted by molar-refractivity contribution is 0.321. The van der Waals surface area contributed by atoms with Gasteiger partial charge in [0, 0.05) is 31.4 Å². The van der Waals surface area contributed by atoms with E-state index >= 15 is 0 Å². The van der Waals surface area contributed by atoms with Gasteiger partial charge in [0.15, 0.2) is 0 Å². The first kappa shape index (κ1) is 10.9. The molecule has 14 heavy (non-hydrogen) atoms. The van der Waals surface area contributed by atoms with Gasteiger partial charge in [0.1, 0.15) is 0 Å². The zero-order valence-corrected chi connectivity index (χ0v) is 8.73. The molecule has 0 aliphatic carbocycles. The van der Waals surface area contributed by atoms with Crippen LogP contribution in [-0.4, -0.2) is 37.1 Å². The Labute approximate surface area is 84.7 Å². The molecule has 0 aliphatic heterocycles. The summed E-state index contributed by atoms with van der Waals surface area (Å²) in [6.07, 6.45) is 1.73. The Kier molecular flexibility index (Phi) is 4.35. The Morgan fingerprint density at radius 1 is 1.57 bits per heavy atom. The van der Waals surface area contributed by atoms with E-state index in [1.165, 1.54) is 0 Å². The lowest BCUT2D eigenvalue weighted by Crippen LogP contribution is -2.25. The molecule has 78 valence electrons. The van der Waals surface area contributed by atoms with Crippen LogP contribution in [0.3, 0.4) is 0 Å². The quantitative estimate of drug-likeness (QED) is 0.742. The summed E-state index contributed by atoms with van der Waals surface area (Å²) in [4.78, 5) is 6.27. The maximum Gasteiger partial charge on any atom is 0.217 e. The van der Waals surface area contributed by atoms with Crippen molar-refractivity contribution in [2.45, 2.75) is 6.54 Å². The molecule has 0 aliphatic rings. The number of nitrogens with zero attached hydrogens (tertiary/aromatic N) is 2. The highest BCUT2D eigenvalue weighted by Gasteiger charge is 2.05. The SMILES string of the molecule is COc1ncccc1CN(C)CCN. The molecule has 0 radical (unpaired) electrons. The summed E-state index contributed by atoms with van der Waals surface area (Å²) in [7, 11) is 3.66. The van der Waals surface area contributed by atoms with Gasteiger partial charge >= 0.3 is 0 Å². The minimum Gasteiger partial charge on any atom is -0.481 e. The highest BCUT2D eigenvalue weighted by atomic mass is 16.5. The number of aromatic nitrogens is 1. The summed E-state index contributed by atoms with van der Waals surface area (Å²) < 4.78 is 5.16. The average Bonchev–Trinajstić information content (AvgIpc) is 2.19. The minimum absolute atomic E-state index is 0.666. The van der Waals surface area contributed by atoms with Crippen molar-refractivity contribution < 1.29 is 4.74 Å². The van der Waals surface area contributed by atoms with Crippen LogP contribution < -0.4 is 10.5 Å². The van der Waals surface area contributed by atoms with Gasteiger partial charge in [-0.2, -0.15) is 0 Å². The highest BCUT2D eigenvalue weighted by Crippen LogP contribution is 2.14. The van der Waals surface area contributed by atoms with Gasteiger partial charge in [-0.3, -0.25) is 0 Å². The van der Waals surface area contributed by atoms with Crippen LogP contribution in [0.2, 0.25) is 0 Å². The van der Waals surface area contributed by atoms with Crippen molar-refractivity contribution in [3.05, 3.63) is 23.9 Å². The van der Waals surface area contributed by atoms with Crippen LogP contribution in [0.1, 0.15) is 5.56 Å². The largest absolute Gasteiger partial charge is 0.481 e. The van der Waals surface area contributed by atoms with Crippen molar-refractivity contribution in [2.75, 3.05) is 27.2 Å².